The lowest BCUT2D eigenvalue weighted by atomic mass is 10.3. The Kier molecular flexibility index (Phi) is 5.01. The average Bonchev–Trinajstić information content (AvgIpc) is 1.68. The van der Waals surface area contributed by atoms with E-state index in [1.807, 2.05) is 0 Å². The minimum atomic E-state index is -0.211. The van der Waals surface area contributed by atoms with Crippen molar-refractivity contribution in [2.75, 3.05) is 13.7 Å². The number of rotatable bonds is 4. The second-order valence-corrected chi connectivity index (χ2v) is 2.02. The highest BCUT2D eigenvalue weighted by Gasteiger charge is 2.00. The summed E-state index contributed by atoms with van der Waals surface area (Å²) in [4.78, 5) is 9.63. The van der Waals surface area contributed by atoms with E-state index in [9.17, 15) is 4.79 Å². The Balaban J connectivity index is 3.03. The standard InChI is InChI=1S/C5H8ClO2/c1-8-4-5(6)2-3-7/h5H,2,4H2,1H3. The molecule has 0 spiro atoms. The largest absolute Gasteiger partial charge is 0.383 e. The lowest BCUT2D eigenvalue weighted by Crippen LogP contribution is -2.06. The van der Waals surface area contributed by atoms with Crippen molar-refractivity contribution in [3.8, 4) is 0 Å². The molecule has 0 N–H and O–H groups in total. The van der Waals surface area contributed by atoms with Gasteiger partial charge in [-0.15, -0.1) is 11.6 Å². The van der Waals surface area contributed by atoms with E-state index in [2.05, 4.69) is 4.74 Å². The zero-order valence-corrected chi connectivity index (χ0v) is 5.44. The van der Waals surface area contributed by atoms with Gasteiger partial charge in [-0.1, -0.05) is 0 Å². The van der Waals surface area contributed by atoms with Crippen LogP contribution in [0.4, 0.5) is 0 Å². The molecule has 0 bridgehead atoms. The summed E-state index contributed by atoms with van der Waals surface area (Å²) in [5.74, 6) is 0. The lowest BCUT2D eigenvalue weighted by molar-refractivity contribution is 0.199. The van der Waals surface area contributed by atoms with Gasteiger partial charge in [0, 0.05) is 13.5 Å². The normalized spacial score (nSPS) is 13.2. The van der Waals surface area contributed by atoms with Crippen LogP contribution in [0.25, 0.3) is 0 Å². The Morgan fingerprint density at radius 1 is 1.88 bits per heavy atom. The summed E-state index contributed by atoms with van der Waals surface area (Å²) in [6.07, 6.45) is 1.94. The number of carbonyl (C=O) groups excluding carboxylic acids is 1. The molecule has 1 unspecified atom stereocenters. The first-order chi connectivity index (χ1) is 3.81. The van der Waals surface area contributed by atoms with Crippen LogP contribution in [0.15, 0.2) is 0 Å². The quantitative estimate of drug-likeness (QED) is 0.532. The first-order valence-corrected chi connectivity index (χ1v) is 2.73. The molecule has 1 atom stereocenters. The zero-order valence-electron chi connectivity index (χ0n) is 4.69. The molecule has 0 saturated carbocycles. The van der Waals surface area contributed by atoms with Gasteiger partial charge in [0.15, 0.2) is 6.29 Å². The molecule has 8 heavy (non-hydrogen) atoms. The lowest BCUT2D eigenvalue weighted by Gasteiger charge is -1.99. The molecule has 0 aliphatic rings. The van der Waals surface area contributed by atoms with Crippen molar-refractivity contribution < 1.29 is 9.53 Å². The van der Waals surface area contributed by atoms with Crippen molar-refractivity contribution in [1.82, 2.24) is 0 Å². The highest BCUT2D eigenvalue weighted by atomic mass is 35.5. The highest BCUT2D eigenvalue weighted by Crippen LogP contribution is 1.98. The molecule has 0 saturated heterocycles. The number of halogens is 1. The molecule has 0 aromatic carbocycles. The molecule has 0 aromatic heterocycles. The minimum absolute atomic E-state index is 0.211. The Bertz CT molecular complexity index is 65.4. The molecule has 0 heterocycles. The summed E-state index contributed by atoms with van der Waals surface area (Å²) < 4.78 is 4.65. The Morgan fingerprint density at radius 2 is 2.50 bits per heavy atom. The van der Waals surface area contributed by atoms with Crippen molar-refractivity contribution in [3.63, 3.8) is 0 Å². The van der Waals surface area contributed by atoms with Gasteiger partial charge in [-0.05, 0) is 0 Å². The summed E-state index contributed by atoms with van der Waals surface area (Å²) in [6, 6.07) is 0. The fraction of sp³-hybridized carbons (Fsp3) is 0.800. The molecule has 1 radical (unpaired) electrons. The fourth-order valence-electron chi connectivity index (χ4n) is 0.330. The molecule has 47 valence electrons. The van der Waals surface area contributed by atoms with Crippen LogP contribution in [0, 0.1) is 0 Å². The first-order valence-electron chi connectivity index (χ1n) is 2.29. The van der Waals surface area contributed by atoms with Crippen LogP contribution in [0.1, 0.15) is 6.42 Å². The van der Waals surface area contributed by atoms with E-state index in [1.54, 1.807) is 13.4 Å². The number of hydrogen-bond acceptors (Lipinski definition) is 2. The van der Waals surface area contributed by atoms with Gasteiger partial charge in [0.05, 0.1) is 12.0 Å². The minimum Gasteiger partial charge on any atom is -0.383 e. The zero-order chi connectivity index (χ0) is 6.41. The predicted molar refractivity (Wildman–Crippen MR) is 31.8 cm³/mol. The maximum Gasteiger partial charge on any atom is 0.200 e. The number of hydrogen-bond donors (Lipinski definition) is 0. The van der Waals surface area contributed by atoms with Crippen LogP contribution in [-0.4, -0.2) is 25.4 Å². The SMILES string of the molecule is COCC(Cl)C[C]=O. The summed E-state index contributed by atoms with van der Waals surface area (Å²) in [5.41, 5.74) is 0. The van der Waals surface area contributed by atoms with Crippen LogP contribution in [-0.2, 0) is 9.53 Å². The second kappa shape index (κ2) is 5.06. The summed E-state index contributed by atoms with van der Waals surface area (Å²) in [5, 5.41) is -0.211. The molecule has 0 aromatic rings. The van der Waals surface area contributed by atoms with E-state index in [4.69, 9.17) is 11.6 Å². The summed E-state index contributed by atoms with van der Waals surface area (Å²) >= 11 is 5.49. The third-order valence-corrected chi connectivity index (χ3v) is 0.933. The van der Waals surface area contributed by atoms with Gasteiger partial charge in [-0.2, -0.15) is 0 Å². The Labute approximate surface area is 53.8 Å². The maximum atomic E-state index is 9.63. The van der Waals surface area contributed by atoms with E-state index in [0.29, 0.717) is 6.61 Å². The fourth-order valence-corrected chi connectivity index (χ4v) is 0.519. The van der Waals surface area contributed by atoms with Gasteiger partial charge in [-0.3, -0.25) is 4.79 Å². The van der Waals surface area contributed by atoms with Gasteiger partial charge in [-0.25, -0.2) is 0 Å². The van der Waals surface area contributed by atoms with Crippen LogP contribution < -0.4 is 0 Å². The molecule has 0 amide bonds. The Morgan fingerprint density at radius 3 is 2.88 bits per heavy atom. The van der Waals surface area contributed by atoms with Gasteiger partial charge in [0.2, 0.25) is 0 Å². The molecule has 0 aliphatic carbocycles. The number of ether oxygens (including phenoxy) is 1. The molecule has 0 fully saturated rings. The molecule has 0 rings (SSSR count). The van der Waals surface area contributed by atoms with Gasteiger partial charge in [0.1, 0.15) is 0 Å². The monoisotopic (exact) mass is 135 g/mol. The summed E-state index contributed by atoms with van der Waals surface area (Å²) in [7, 11) is 1.54. The van der Waals surface area contributed by atoms with Gasteiger partial charge >= 0.3 is 0 Å². The van der Waals surface area contributed by atoms with Crippen LogP contribution >= 0.6 is 11.6 Å². The van der Waals surface area contributed by atoms with Crippen molar-refractivity contribution in [2.24, 2.45) is 0 Å². The average molecular weight is 136 g/mol. The van der Waals surface area contributed by atoms with E-state index in [1.165, 1.54) is 0 Å². The molecule has 3 heteroatoms. The van der Waals surface area contributed by atoms with E-state index in [0.717, 1.165) is 0 Å². The van der Waals surface area contributed by atoms with Crippen molar-refractivity contribution in [1.29, 1.82) is 0 Å². The number of alkyl halides is 1. The molecule has 0 aliphatic heterocycles. The number of methoxy groups -OCH3 is 1. The first kappa shape index (κ1) is 7.92. The van der Waals surface area contributed by atoms with Crippen LogP contribution in [0.3, 0.4) is 0 Å². The van der Waals surface area contributed by atoms with Crippen LogP contribution in [0.2, 0.25) is 0 Å². The molecular weight excluding hydrogens is 128 g/mol. The van der Waals surface area contributed by atoms with Crippen LogP contribution in [0.5, 0.6) is 0 Å². The Hall–Kier alpha value is -0.0800. The molecule has 2 nitrogen and oxygen atoms in total. The van der Waals surface area contributed by atoms with Crippen molar-refractivity contribution in [3.05, 3.63) is 0 Å². The third kappa shape index (κ3) is 4.09. The highest BCUT2D eigenvalue weighted by molar-refractivity contribution is 6.21. The van der Waals surface area contributed by atoms with Gasteiger partial charge < -0.3 is 4.74 Å². The second-order valence-electron chi connectivity index (χ2n) is 1.40. The maximum absolute atomic E-state index is 9.63. The van der Waals surface area contributed by atoms with E-state index < -0.39 is 0 Å². The third-order valence-electron chi connectivity index (χ3n) is 0.652. The molecular formula is C5H8ClO2. The van der Waals surface area contributed by atoms with Crippen molar-refractivity contribution >= 4 is 17.9 Å². The topological polar surface area (TPSA) is 26.3 Å². The summed E-state index contributed by atoms with van der Waals surface area (Å²) in [6.45, 7) is 0.413. The smallest absolute Gasteiger partial charge is 0.200 e. The predicted octanol–water partition coefficient (Wildman–Crippen LogP) is 0.740. The van der Waals surface area contributed by atoms with E-state index in [-0.39, 0.29) is 11.8 Å². The van der Waals surface area contributed by atoms with Gasteiger partial charge in [0.25, 0.3) is 0 Å². The van der Waals surface area contributed by atoms with E-state index >= 15 is 0 Å². The van der Waals surface area contributed by atoms with Crippen molar-refractivity contribution in [2.45, 2.75) is 11.8 Å².